The van der Waals surface area contributed by atoms with E-state index >= 15 is 0 Å². The molecule has 5 nitrogen and oxygen atoms in total. The highest BCUT2D eigenvalue weighted by Crippen LogP contribution is 2.49. The molecule has 34 heavy (non-hydrogen) atoms. The summed E-state index contributed by atoms with van der Waals surface area (Å²) in [6.07, 6.45) is 14.6. The molecule has 0 saturated carbocycles. The second kappa shape index (κ2) is 8.62. The molecule has 0 bridgehead atoms. The number of aliphatic hydroxyl groups excluding tert-OH is 2. The summed E-state index contributed by atoms with van der Waals surface area (Å²) in [6, 6.07) is 6.80. The summed E-state index contributed by atoms with van der Waals surface area (Å²) < 4.78 is 6.04. The highest BCUT2D eigenvalue weighted by Gasteiger charge is 2.37. The van der Waals surface area contributed by atoms with Crippen molar-refractivity contribution in [3.8, 4) is 0 Å². The summed E-state index contributed by atoms with van der Waals surface area (Å²) in [5, 5.41) is 23.8. The molecule has 176 valence electrons. The molecule has 5 aliphatic rings. The highest BCUT2D eigenvalue weighted by atomic mass is 16.5. The normalized spacial score (nSPS) is 29.4. The first-order valence-corrected chi connectivity index (χ1v) is 12.6. The molecule has 4 unspecified atom stereocenters. The van der Waals surface area contributed by atoms with Crippen molar-refractivity contribution in [1.82, 2.24) is 5.32 Å². The molecule has 3 N–H and O–H groups in total. The van der Waals surface area contributed by atoms with Crippen LogP contribution in [0.2, 0.25) is 0 Å². The predicted molar refractivity (Wildman–Crippen MR) is 134 cm³/mol. The van der Waals surface area contributed by atoms with Gasteiger partial charge in [-0.25, -0.2) is 0 Å². The Labute approximate surface area is 200 Å². The molecule has 0 aromatic heterocycles. The molecule has 0 spiro atoms. The van der Waals surface area contributed by atoms with E-state index in [4.69, 9.17) is 9.73 Å². The zero-order valence-electron chi connectivity index (χ0n) is 19.6. The molecule has 0 amide bonds. The Morgan fingerprint density at radius 2 is 1.97 bits per heavy atom. The lowest BCUT2D eigenvalue weighted by atomic mass is 9.67. The van der Waals surface area contributed by atoms with Gasteiger partial charge in [-0.1, -0.05) is 42.8 Å². The zero-order valence-corrected chi connectivity index (χ0v) is 19.6. The quantitative estimate of drug-likeness (QED) is 0.589. The van der Waals surface area contributed by atoms with Crippen LogP contribution in [0, 0.1) is 11.8 Å². The first kappa shape index (κ1) is 21.5. The Morgan fingerprint density at radius 3 is 2.76 bits per heavy atom. The third-order valence-electron chi connectivity index (χ3n) is 7.74. The molecular weight excluding hydrogens is 424 g/mol. The summed E-state index contributed by atoms with van der Waals surface area (Å²) in [5.41, 5.74) is 9.98. The number of aliphatic hydroxyl groups is 2. The molecule has 1 aliphatic heterocycles. The lowest BCUT2D eigenvalue weighted by Crippen LogP contribution is -2.44. The number of benzene rings is 1. The summed E-state index contributed by atoms with van der Waals surface area (Å²) in [5.74, 6) is 0.752. The van der Waals surface area contributed by atoms with Crippen molar-refractivity contribution >= 4 is 11.3 Å². The number of aryl methyl sites for hydroxylation is 2. The van der Waals surface area contributed by atoms with Crippen LogP contribution in [0.5, 0.6) is 0 Å². The molecular formula is C29H32N2O3. The van der Waals surface area contributed by atoms with Gasteiger partial charge in [0.2, 0.25) is 0 Å². The Bertz CT molecular complexity index is 1200. The minimum absolute atomic E-state index is 0.0904. The van der Waals surface area contributed by atoms with Gasteiger partial charge in [0, 0.05) is 17.9 Å². The van der Waals surface area contributed by atoms with Crippen molar-refractivity contribution < 1.29 is 14.9 Å². The fourth-order valence-corrected chi connectivity index (χ4v) is 6.14. The second-order valence-corrected chi connectivity index (χ2v) is 9.89. The number of hydrogen-bond donors (Lipinski definition) is 3. The maximum absolute atomic E-state index is 10.6. The van der Waals surface area contributed by atoms with E-state index in [9.17, 15) is 10.2 Å². The highest BCUT2D eigenvalue weighted by molar-refractivity contribution is 6.03. The van der Waals surface area contributed by atoms with Crippen LogP contribution in [0.1, 0.15) is 49.3 Å². The number of rotatable bonds is 5. The fourth-order valence-electron chi connectivity index (χ4n) is 6.14. The van der Waals surface area contributed by atoms with Crippen LogP contribution in [0.15, 0.2) is 76.4 Å². The largest absolute Gasteiger partial charge is 0.508 e. The van der Waals surface area contributed by atoms with Gasteiger partial charge in [-0.3, -0.25) is 4.99 Å². The molecule has 4 atom stereocenters. The summed E-state index contributed by atoms with van der Waals surface area (Å²) in [7, 11) is 0. The van der Waals surface area contributed by atoms with Crippen LogP contribution in [-0.4, -0.2) is 34.8 Å². The molecule has 0 fully saturated rings. The lowest BCUT2D eigenvalue weighted by molar-refractivity contribution is 0.129. The van der Waals surface area contributed by atoms with Gasteiger partial charge in [-0.05, 0) is 78.5 Å². The Hall–Kier alpha value is -3.05. The first-order chi connectivity index (χ1) is 16.6. The monoisotopic (exact) mass is 456 g/mol. The van der Waals surface area contributed by atoms with Gasteiger partial charge in [-0.2, -0.15) is 0 Å². The van der Waals surface area contributed by atoms with Gasteiger partial charge in [0.05, 0.1) is 18.4 Å². The van der Waals surface area contributed by atoms with Gasteiger partial charge < -0.3 is 20.3 Å². The maximum Gasteiger partial charge on any atom is 0.190 e. The summed E-state index contributed by atoms with van der Waals surface area (Å²) in [4.78, 5) is 5.14. The molecule has 1 heterocycles. The van der Waals surface area contributed by atoms with Gasteiger partial charge in [0.1, 0.15) is 11.9 Å². The first-order valence-electron chi connectivity index (χ1n) is 12.6. The van der Waals surface area contributed by atoms with Gasteiger partial charge in [0.15, 0.2) is 5.88 Å². The van der Waals surface area contributed by atoms with E-state index in [1.807, 2.05) is 6.08 Å². The van der Waals surface area contributed by atoms with Crippen molar-refractivity contribution in [2.45, 2.75) is 57.7 Å². The van der Waals surface area contributed by atoms with Crippen molar-refractivity contribution in [1.29, 1.82) is 0 Å². The van der Waals surface area contributed by atoms with Crippen molar-refractivity contribution in [3.05, 3.63) is 88.1 Å². The van der Waals surface area contributed by atoms with Gasteiger partial charge in [-0.15, -0.1) is 0 Å². The number of allylic oxidation sites excluding steroid dienone is 6. The van der Waals surface area contributed by atoms with E-state index in [1.54, 1.807) is 6.08 Å². The number of nitrogens with one attached hydrogen (secondary N) is 1. The lowest BCUT2D eigenvalue weighted by Gasteiger charge is -2.39. The topological polar surface area (TPSA) is 74.1 Å². The van der Waals surface area contributed by atoms with E-state index in [-0.39, 0.29) is 23.8 Å². The van der Waals surface area contributed by atoms with Crippen molar-refractivity contribution in [3.63, 3.8) is 0 Å². The molecule has 0 saturated heterocycles. The molecule has 1 aromatic carbocycles. The third-order valence-corrected chi connectivity index (χ3v) is 7.74. The van der Waals surface area contributed by atoms with E-state index in [2.05, 4.69) is 42.6 Å². The Kier molecular flexibility index (Phi) is 5.45. The standard InChI is InChI=1S/C29H32N2O3/c1-2-14-34-26-16-24(30-29(31-26)23-13-10-20(32)15-25(23)33)21-11-8-19-7-6-17-4-3-5-18-9-12-22(21)28(19)27(17)18/h3-5,8,10,13,15-16,21,23,25,29,31-33H,2,6-7,9,11-12,14H2,1H3. The predicted octanol–water partition coefficient (Wildman–Crippen LogP) is 4.91. The number of nitrogens with zero attached hydrogens (tertiary/aromatic N) is 1. The van der Waals surface area contributed by atoms with Crippen LogP contribution in [-0.2, 0) is 17.6 Å². The van der Waals surface area contributed by atoms with E-state index < -0.39 is 6.10 Å². The molecule has 4 aliphatic carbocycles. The van der Waals surface area contributed by atoms with Crippen LogP contribution in [0.4, 0.5) is 0 Å². The van der Waals surface area contributed by atoms with Gasteiger partial charge >= 0.3 is 0 Å². The SMILES string of the molecule is CCCOC1=CC(C2CC=C3CCc4cccc5c4C3=C2CC5)=NC(C2C=CC(O)=CC2O)N1. The van der Waals surface area contributed by atoms with Gasteiger partial charge in [0.25, 0.3) is 0 Å². The van der Waals surface area contributed by atoms with Crippen LogP contribution in [0.3, 0.4) is 0 Å². The van der Waals surface area contributed by atoms with Crippen LogP contribution >= 0.6 is 0 Å². The van der Waals surface area contributed by atoms with Crippen LogP contribution < -0.4 is 5.32 Å². The summed E-state index contributed by atoms with van der Waals surface area (Å²) >= 11 is 0. The van der Waals surface area contributed by atoms with Crippen LogP contribution in [0.25, 0.3) is 5.57 Å². The van der Waals surface area contributed by atoms with Crippen molar-refractivity contribution in [2.75, 3.05) is 6.61 Å². The zero-order chi connectivity index (χ0) is 23.2. The molecule has 5 heteroatoms. The van der Waals surface area contributed by atoms with E-state index in [0.717, 1.165) is 50.1 Å². The minimum Gasteiger partial charge on any atom is -0.508 e. The van der Waals surface area contributed by atoms with Crippen molar-refractivity contribution in [2.24, 2.45) is 16.8 Å². The summed E-state index contributed by atoms with van der Waals surface area (Å²) in [6.45, 7) is 2.72. The molecule has 1 aromatic rings. The average molecular weight is 457 g/mol. The maximum atomic E-state index is 10.6. The molecule has 6 rings (SSSR count). The number of hydrogen-bond acceptors (Lipinski definition) is 5. The fraction of sp³-hybridized carbons (Fsp3) is 0.414. The Morgan fingerprint density at radius 1 is 1.15 bits per heavy atom. The van der Waals surface area contributed by atoms with E-state index in [0.29, 0.717) is 6.61 Å². The number of aliphatic imine (C=N–C) groups is 1. The Balaban J connectivity index is 1.40. The third kappa shape index (κ3) is 3.63. The smallest absolute Gasteiger partial charge is 0.190 e. The van der Waals surface area contributed by atoms with E-state index in [1.165, 1.54) is 39.5 Å². The average Bonchev–Trinajstić information content (AvgIpc) is 2.85. The second-order valence-electron chi connectivity index (χ2n) is 9.89. The molecule has 0 radical (unpaired) electrons. The minimum atomic E-state index is -0.805. The number of ether oxygens (including phenoxy) is 1.